The third-order valence-electron chi connectivity index (χ3n) is 4.03. The Morgan fingerprint density at radius 3 is 2.33 bits per heavy atom. The zero-order valence-electron chi connectivity index (χ0n) is 11.0. The molecule has 1 aliphatic rings. The van der Waals surface area contributed by atoms with Crippen molar-refractivity contribution in [2.75, 3.05) is 19.6 Å². The summed E-state index contributed by atoms with van der Waals surface area (Å²) in [7, 11) is 0. The molecule has 0 spiro atoms. The number of hydrogen-bond acceptors (Lipinski definition) is 1. The molecule has 1 saturated carbocycles. The molecule has 90 valence electrons. The van der Waals surface area contributed by atoms with E-state index in [1.165, 1.54) is 58.2 Å². The van der Waals surface area contributed by atoms with Crippen molar-refractivity contribution < 1.29 is 0 Å². The molecule has 0 heterocycles. The van der Waals surface area contributed by atoms with Crippen LogP contribution in [0.5, 0.6) is 0 Å². The predicted octanol–water partition coefficient (Wildman–Crippen LogP) is 3.93. The highest BCUT2D eigenvalue weighted by molar-refractivity contribution is 4.72. The second-order valence-corrected chi connectivity index (χ2v) is 5.31. The Kier molecular flexibility index (Phi) is 6.31. The maximum Gasteiger partial charge on any atom is -0.00190 e. The van der Waals surface area contributed by atoms with Gasteiger partial charge in [0, 0.05) is 0 Å². The van der Waals surface area contributed by atoms with Gasteiger partial charge in [0.25, 0.3) is 0 Å². The molecule has 0 radical (unpaired) electrons. The van der Waals surface area contributed by atoms with Crippen molar-refractivity contribution in [1.29, 1.82) is 0 Å². The number of hydrogen-bond donors (Lipinski definition) is 0. The van der Waals surface area contributed by atoms with Gasteiger partial charge in [-0.25, -0.2) is 0 Å². The molecule has 2 atom stereocenters. The van der Waals surface area contributed by atoms with Crippen LogP contribution in [-0.2, 0) is 0 Å². The fourth-order valence-corrected chi connectivity index (χ4v) is 2.90. The lowest BCUT2D eigenvalue weighted by molar-refractivity contribution is 0.291. The summed E-state index contributed by atoms with van der Waals surface area (Å²) in [5.74, 6) is 2.08. The molecule has 15 heavy (non-hydrogen) atoms. The summed E-state index contributed by atoms with van der Waals surface area (Å²) in [6, 6.07) is 0. The first-order chi connectivity index (χ1) is 7.26. The molecule has 0 amide bonds. The van der Waals surface area contributed by atoms with Crippen LogP contribution in [0, 0.1) is 11.8 Å². The predicted molar refractivity (Wildman–Crippen MR) is 68.1 cm³/mol. The van der Waals surface area contributed by atoms with E-state index < -0.39 is 0 Å². The van der Waals surface area contributed by atoms with E-state index in [-0.39, 0.29) is 0 Å². The Bertz CT molecular complexity index is 151. The molecule has 1 fully saturated rings. The molecule has 0 aromatic heterocycles. The molecule has 0 N–H and O–H groups in total. The van der Waals surface area contributed by atoms with E-state index in [0.717, 1.165) is 11.8 Å². The van der Waals surface area contributed by atoms with Crippen LogP contribution < -0.4 is 0 Å². The van der Waals surface area contributed by atoms with E-state index in [1.807, 2.05) is 0 Å². The van der Waals surface area contributed by atoms with Gasteiger partial charge in [-0.1, -0.05) is 46.5 Å². The van der Waals surface area contributed by atoms with Gasteiger partial charge in [-0.3, -0.25) is 0 Å². The minimum atomic E-state index is 1.01. The fraction of sp³-hybridized carbons (Fsp3) is 1.00. The molecule has 0 bridgehead atoms. The van der Waals surface area contributed by atoms with Crippen molar-refractivity contribution in [3.05, 3.63) is 0 Å². The largest absolute Gasteiger partial charge is 0.304 e. The van der Waals surface area contributed by atoms with Crippen molar-refractivity contribution in [2.45, 2.75) is 59.3 Å². The highest BCUT2D eigenvalue weighted by atomic mass is 15.1. The number of unbranched alkanes of at least 4 members (excludes halogenated alkanes) is 1. The number of rotatable bonds is 7. The van der Waals surface area contributed by atoms with Gasteiger partial charge < -0.3 is 4.90 Å². The van der Waals surface area contributed by atoms with E-state index in [9.17, 15) is 0 Å². The highest BCUT2D eigenvalue weighted by Crippen LogP contribution is 2.33. The highest BCUT2D eigenvalue weighted by Gasteiger charge is 2.20. The molecule has 0 aliphatic heterocycles. The van der Waals surface area contributed by atoms with Gasteiger partial charge in [0.05, 0.1) is 0 Å². The molecule has 0 aromatic carbocycles. The van der Waals surface area contributed by atoms with Crippen LogP contribution in [0.1, 0.15) is 59.3 Å². The van der Waals surface area contributed by atoms with E-state index in [0.29, 0.717) is 0 Å². The van der Waals surface area contributed by atoms with Crippen molar-refractivity contribution in [2.24, 2.45) is 11.8 Å². The quantitative estimate of drug-likeness (QED) is 0.577. The zero-order valence-corrected chi connectivity index (χ0v) is 11.0. The van der Waals surface area contributed by atoms with Gasteiger partial charge in [-0.2, -0.15) is 0 Å². The Labute approximate surface area is 96.2 Å². The second-order valence-electron chi connectivity index (χ2n) is 5.31. The summed E-state index contributed by atoms with van der Waals surface area (Å²) in [5.41, 5.74) is 0. The molecule has 0 saturated heterocycles. The SMILES string of the molecule is CCN(CC)CCCCC1CCC(C)C1. The maximum absolute atomic E-state index is 2.54. The molecule has 1 heteroatoms. The Morgan fingerprint density at radius 1 is 1.07 bits per heavy atom. The smallest absolute Gasteiger partial charge is 0.00190 e. The molecule has 2 unspecified atom stereocenters. The van der Waals surface area contributed by atoms with Gasteiger partial charge >= 0.3 is 0 Å². The summed E-state index contributed by atoms with van der Waals surface area (Å²) >= 11 is 0. The third-order valence-corrected chi connectivity index (χ3v) is 4.03. The average molecular weight is 211 g/mol. The monoisotopic (exact) mass is 211 g/mol. The molecule has 0 aromatic rings. The minimum absolute atomic E-state index is 1.01. The van der Waals surface area contributed by atoms with Crippen LogP contribution in [-0.4, -0.2) is 24.5 Å². The lowest BCUT2D eigenvalue weighted by Gasteiger charge is -2.18. The van der Waals surface area contributed by atoms with Crippen LogP contribution in [0.2, 0.25) is 0 Å². The first kappa shape index (κ1) is 13.0. The van der Waals surface area contributed by atoms with E-state index in [4.69, 9.17) is 0 Å². The van der Waals surface area contributed by atoms with Crippen LogP contribution >= 0.6 is 0 Å². The summed E-state index contributed by atoms with van der Waals surface area (Å²) in [5, 5.41) is 0. The van der Waals surface area contributed by atoms with Gasteiger partial charge in [-0.15, -0.1) is 0 Å². The molecule has 1 nitrogen and oxygen atoms in total. The van der Waals surface area contributed by atoms with Crippen molar-refractivity contribution in [3.8, 4) is 0 Å². The Hall–Kier alpha value is -0.0400. The first-order valence-electron chi connectivity index (χ1n) is 6.98. The van der Waals surface area contributed by atoms with Gasteiger partial charge in [0.1, 0.15) is 0 Å². The van der Waals surface area contributed by atoms with Crippen molar-refractivity contribution in [1.82, 2.24) is 4.90 Å². The standard InChI is InChI=1S/C14H29N/c1-4-15(5-2)11-7-6-8-14-10-9-13(3)12-14/h13-14H,4-12H2,1-3H3. The maximum atomic E-state index is 2.54. The summed E-state index contributed by atoms with van der Waals surface area (Å²) in [6.45, 7) is 10.7. The molecule has 1 rings (SSSR count). The number of nitrogens with zero attached hydrogens (tertiary/aromatic N) is 1. The Morgan fingerprint density at radius 2 is 1.80 bits per heavy atom. The topological polar surface area (TPSA) is 3.24 Å². The van der Waals surface area contributed by atoms with Crippen LogP contribution in [0.3, 0.4) is 0 Å². The molecular formula is C14H29N. The van der Waals surface area contributed by atoms with Crippen LogP contribution in [0.4, 0.5) is 0 Å². The van der Waals surface area contributed by atoms with Crippen LogP contribution in [0.15, 0.2) is 0 Å². The normalized spacial score (nSPS) is 26.4. The van der Waals surface area contributed by atoms with Crippen LogP contribution in [0.25, 0.3) is 0 Å². The summed E-state index contributed by atoms with van der Waals surface area (Å²) in [4.78, 5) is 2.54. The lowest BCUT2D eigenvalue weighted by Crippen LogP contribution is -2.23. The fourth-order valence-electron chi connectivity index (χ4n) is 2.90. The Balaban J connectivity index is 1.97. The van der Waals surface area contributed by atoms with E-state index in [1.54, 1.807) is 0 Å². The summed E-state index contributed by atoms with van der Waals surface area (Å²) in [6.07, 6.45) is 8.85. The lowest BCUT2D eigenvalue weighted by atomic mass is 9.99. The third kappa shape index (κ3) is 5.01. The van der Waals surface area contributed by atoms with Crippen molar-refractivity contribution >= 4 is 0 Å². The molecule has 1 aliphatic carbocycles. The van der Waals surface area contributed by atoms with Gasteiger partial charge in [0.2, 0.25) is 0 Å². The first-order valence-corrected chi connectivity index (χ1v) is 6.98. The minimum Gasteiger partial charge on any atom is -0.304 e. The van der Waals surface area contributed by atoms with Crippen molar-refractivity contribution in [3.63, 3.8) is 0 Å². The van der Waals surface area contributed by atoms with E-state index >= 15 is 0 Å². The molecular weight excluding hydrogens is 182 g/mol. The zero-order chi connectivity index (χ0) is 11.1. The summed E-state index contributed by atoms with van der Waals surface area (Å²) < 4.78 is 0. The average Bonchev–Trinajstić information content (AvgIpc) is 2.65. The second kappa shape index (κ2) is 7.27. The van der Waals surface area contributed by atoms with E-state index in [2.05, 4.69) is 25.7 Å². The van der Waals surface area contributed by atoms with Gasteiger partial charge in [-0.05, 0) is 44.3 Å². The van der Waals surface area contributed by atoms with Gasteiger partial charge in [0.15, 0.2) is 0 Å².